The number of hydrogen-bond donors (Lipinski definition) is 1. The fourth-order valence-corrected chi connectivity index (χ4v) is 2.71. The molecule has 3 aromatic rings. The predicted molar refractivity (Wildman–Crippen MR) is 92.7 cm³/mol. The highest BCUT2D eigenvalue weighted by molar-refractivity contribution is 7.03. The van der Waals surface area contributed by atoms with E-state index in [2.05, 4.69) is 14.9 Å². The van der Waals surface area contributed by atoms with E-state index in [0.29, 0.717) is 18.9 Å². The Morgan fingerprint density at radius 2 is 1.79 bits per heavy atom. The maximum Gasteiger partial charge on any atom is 0.273 e. The molecule has 0 aliphatic heterocycles. The Morgan fingerprint density at radius 1 is 1.08 bits per heavy atom. The van der Waals surface area contributed by atoms with Gasteiger partial charge in [0.05, 0.1) is 19.3 Å². The first-order valence-corrected chi connectivity index (χ1v) is 8.41. The minimum absolute atomic E-state index is 0.246. The molecule has 1 aromatic heterocycles. The Labute approximate surface area is 144 Å². The topological polar surface area (TPSA) is 64.1 Å². The summed E-state index contributed by atoms with van der Waals surface area (Å²) in [4.78, 5) is 12.3. The second kappa shape index (κ2) is 8.33. The summed E-state index contributed by atoms with van der Waals surface area (Å²) in [7, 11) is 0. The summed E-state index contributed by atoms with van der Waals surface area (Å²) in [6.07, 6.45) is 0. The van der Waals surface area contributed by atoms with Gasteiger partial charge in [-0.1, -0.05) is 65.2 Å². The van der Waals surface area contributed by atoms with E-state index in [1.165, 1.54) is 0 Å². The van der Waals surface area contributed by atoms with Crippen LogP contribution in [0.1, 0.15) is 27.7 Å². The van der Waals surface area contributed by atoms with Gasteiger partial charge < -0.3 is 10.1 Å². The van der Waals surface area contributed by atoms with Gasteiger partial charge >= 0.3 is 0 Å². The number of aromatic nitrogens is 2. The van der Waals surface area contributed by atoms with Gasteiger partial charge in [0.15, 0.2) is 5.69 Å². The molecule has 3 rings (SSSR count). The van der Waals surface area contributed by atoms with E-state index in [4.69, 9.17) is 4.74 Å². The molecule has 1 atom stereocenters. The van der Waals surface area contributed by atoms with Crippen molar-refractivity contribution in [2.24, 2.45) is 0 Å². The summed E-state index contributed by atoms with van der Waals surface area (Å²) in [5.41, 5.74) is 2.41. The number of carbonyl (C=O) groups is 1. The Hall–Kier alpha value is -2.57. The SMILES string of the molecule is O=C(N[C@H](COCc1ccccc1)c1ccccc1)c1csnn1. The van der Waals surface area contributed by atoms with Gasteiger partial charge in [0.2, 0.25) is 0 Å². The van der Waals surface area contributed by atoms with Crippen molar-refractivity contribution in [2.75, 3.05) is 6.61 Å². The third-order valence-electron chi connectivity index (χ3n) is 3.50. The molecule has 0 aliphatic carbocycles. The number of rotatable bonds is 7. The van der Waals surface area contributed by atoms with E-state index in [0.717, 1.165) is 22.7 Å². The lowest BCUT2D eigenvalue weighted by Gasteiger charge is -2.19. The number of ether oxygens (including phenoxy) is 1. The molecule has 2 aromatic carbocycles. The van der Waals surface area contributed by atoms with Gasteiger partial charge in [-0.3, -0.25) is 4.79 Å². The van der Waals surface area contributed by atoms with Crippen molar-refractivity contribution in [3.8, 4) is 0 Å². The maximum atomic E-state index is 12.3. The van der Waals surface area contributed by atoms with Gasteiger partial charge in [0, 0.05) is 5.38 Å². The Balaban J connectivity index is 1.65. The molecule has 1 amide bonds. The first-order valence-electron chi connectivity index (χ1n) is 7.57. The minimum atomic E-state index is -0.249. The summed E-state index contributed by atoms with van der Waals surface area (Å²) in [5.74, 6) is -0.249. The highest BCUT2D eigenvalue weighted by Gasteiger charge is 2.17. The van der Waals surface area contributed by atoms with E-state index < -0.39 is 0 Å². The van der Waals surface area contributed by atoms with Crippen molar-refractivity contribution in [3.05, 3.63) is 82.9 Å². The average Bonchev–Trinajstić information content (AvgIpc) is 3.17. The highest BCUT2D eigenvalue weighted by atomic mass is 32.1. The van der Waals surface area contributed by atoms with Crippen LogP contribution in [-0.2, 0) is 11.3 Å². The van der Waals surface area contributed by atoms with E-state index >= 15 is 0 Å². The largest absolute Gasteiger partial charge is 0.374 e. The molecule has 0 saturated carbocycles. The van der Waals surface area contributed by atoms with Gasteiger partial charge in [-0.15, -0.1) is 5.10 Å². The standard InChI is InChI=1S/C18H17N3O2S/c22-18(17-13-24-21-20-17)19-16(15-9-5-2-6-10-15)12-23-11-14-7-3-1-4-8-14/h1-10,13,16H,11-12H2,(H,19,22)/t16-/m1/s1. The molecule has 0 bridgehead atoms. The van der Waals surface area contributed by atoms with Gasteiger partial charge in [-0.2, -0.15) is 0 Å². The Bertz CT molecular complexity index is 748. The van der Waals surface area contributed by atoms with Crippen molar-refractivity contribution in [3.63, 3.8) is 0 Å². The molecule has 24 heavy (non-hydrogen) atoms. The van der Waals surface area contributed by atoms with E-state index in [-0.39, 0.29) is 11.9 Å². The molecule has 1 N–H and O–H groups in total. The summed E-state index contributed by atoms with van der Waals surface area (Å²) in [6.45, 7) is 0.876. The molecular formula is C18H17N3O2S. The predicted octanol–water partition coefficient (Wildman–Crippen LogP) is 3.23. The zero-order valence-corrected chi connectivity index (χ0v) is 13.8. The molecule has 0 unspecified atom stereocenters. The molecular weight excluding hydrogens is 322 g/mol. The van der Waals surface area contributed by atoms with Crippen LogP contribution in [0.3, 0.4) is 0 Å². The Kier molecular flexibility index (Phi) is 5.65. The lowest BCUT2D eigenvalue weighted by molar-refractivity contribution is 0.0793. The molecule has 0 spiro atoms. The smallest absolute Gasteiger partial charge is 0.273 e. The second-order valence-electron chi connectivity index (χ2n) is 5.23. The van der Waals surface area contributed by atoms with Crippen LogP contribution in [0.4, 0.5) is 0 Å². The molecule has 0 aliphatic rings. The quantitative estimate of drug-likeness (QED) is 0.718. The van der Waals surface area contributed by atoms with Crippen LogP contribution in [0.2, 0.25) is 0 Å². The fraction of sp³-hybridized carbons (Fsp3) is 0.167. The van der Waals surface area contributed by atoms with Crippen LogP contribution in [0.15, 0.2) is 66.0 Å². The van der Waals surface area contributed by atoms with Crippen LogP contribution in [0.5, 0.6) is 0 Å². The van der Waals surface area contributed by atoms with Crippen LogP contribution >= 0.6 is 11.5 Å². The molecule has 0 radical (unpaired) electrons. The van der Waals surface area contributed by atoms with E-state index in [1.807, 2.05) is 60.7 Å². The third kappa shape index (κ3) is 4.47. The summed E-state index contributed by atoms with van der Waals surface area (Å²) >= 11 is 1.15. The van der Waals surface area contributed by atoms with Crippen LogP contribution in [0.25, 0.3) is 0 Å². The number of nitrogens with one attached hydrogen (secondary N) is 1. The molecule has 122 valence electrons. The number of carbonyl (C=O) groups excluding carboxylic acids is 1. The maximum absolute atomic E-state index is 12.3. The van der Waals surface area contributed by atoms with Crippen LogP contribution in [-0.4, -0.2) is 22.1 Å². The van der Waals surface area contributed by atoms with E-state index in [1.54, 1.807) is 5.38 Å². The van der Waals surface area contributed by atoms with Gasteiger partial charge in [0.1, 0.15) is 0 Å². The van der Waals surface area contributed by atoms with Crippen molar-refractivity contribution in [1.29, 1.82) is 0 Å². The normalized spacial score (nSPS) is 11.8. The molecule has 1 heterocycles. The van der Waals surface area contributed by atoms with Gasteiger partial charge in [-0.25, -0.2) is 0 Å². The van der Waals surface area contributed by atoms with Crippen LogP contribution < -0.4 is 5.32 Å². The van der Waals surface area contributed by atoms with Crippen molar-refractivity contribution < 1.29 is 9.53 Å². The van der Waals surface area contributed by atoms with Crippen molar-refractivity contribution >= 4 is 17.4 Å². The highest BCUT2D eigenvalue weighted by Crippen LogP contribution is 2.15. The lowest BCUT2D eigenvalue weighted by atomic mass is 10.1. The molecule has 5 nitrogen and oxygen atoms in total. The second-order valence-corrected chi connectivity index (χ2v) is 5.84. The first-order chi connectivity index (χ1) is 11.8. The van der Waals surface area contributed by atoms with Crippen molar-refractivity contribution in [1.82, 2.24) is 14.9 Å². The van der Waals surface area contributed by atoms with Gasteiger partial charge in [0.25, 0.3) is 5.91 Å². The number of benzene rings is 2. The zero-order valence-electron chi connectivity index (χ0n) is 13.0. The summed E-state index contributed by atoms with van der Waals surface area (Å²) < 4.78 is 9.53. The summed E-state index contributed by atoms with van der Waals surface area (Å²) in [5, 5.41) is 8.40. The molecule has 0 saturated heterocycles. The molecule has 6 heteroatoms. The number of nitrogens with zero attached hydrogens (tertiary/aromatic N) is 2. The third-order valence-corrected chi connectivity index (χ3v) is 4.00. The average molecular weight is 339 g/mol. The number of amides is 1. The fourth-order valence-electron chi connectivity index (χ4n) is 2.27. The minimum Gasteiger partial charge on any atom is -0.374 e. The molecule has 0 fully saturated rings. The lowest BCUT2D eigenvalue weighted by Crippen LogP contribution is -2.31. The first kappa shape index (κ1) is 16.3. The summed E-state index contributed by atoms with van der Waals surface area (Å²) in [6, 6.07) is 19.5. The van der Waals surface area contributed by atoms with Crippen molar-refractivity contribution in [2.45, 2.75) is 12.6 Å². The zero-order chi connectivity index (χ0) is 16.6. The Morgan fingerprint density at radius 3 is 2.46 bits per heavy atom. The number of hydrogen-bond acceptors (Lipinski definition) is 5. The van der Waals surface area contributed by atoms with E-state index in [9.17, 15) is 4.79 Å². The van der Waals surface area contributed by atoms with Crippen LogP contribution in [0, 0.1) is 0 Å². The monoisotopic (exact) mass is 339 g/mol. The van der Waals surface area contributed by atoms with Gasteiger partial charge in [-0.05, 0) is 22.7 Å².